The van der Waals surface area contributed by atoms with Gasteiger partial charge in [0.15, 0.2) is 17.1 Å². The Labute approximate surface area is 174 Å². The molecule has 0 radical (unpaired) electrons. The first-order chi connectivity index (χ1) is 14.7. The molecule has 0 saturated carbocycles. The van der Waals surface area contributed by atoms with Gasteiger partial charge >= 0.3 is 5.69 Å². The van der Waals surface area contributed by atoms with Crippen LogP contribution in [0.15, 0.2) is 75.6 Å². The quantitative estimate of drug-likeness (QED) is 0.528. The number of amides is 1. The van der Waals surface area contributed by atoms with Crippen molar-refractivity contribution in [2.45, 2.75) is 16.5 Å². The number of benzene rings is 2. The van der Waals surface area contributed by atoms with E-state index in [2.05, 4.69) is 15.4 Å². The lowest BCUT2D eigenvalue weighted by Gasteiger charge is -2.05. The molecular weight excluding hydrogens is 406 g/mol. The SMILES string of the molecule is O=C(Cn1nc2c(Sc3ccccc3)nccn2c1=O)Nc1ccc2c(c1)OCO2. The number of hydrogen-bond donors (Lipinski definition) is 1. The standard InChI is InChI=1S/C20H15N5O4S/c26-17(22-13-6-7-15-16(10-13)29-12-28-15)11-25-20(27)24-9-8-21-19(18(24)23-25)30-14-4-2-1-3-5-14/h1-10H,11-12H2,(H,22,26). The van der Waals surface area contributed by atoms with E-state index in [-0.39, 0.29) is 19.2 Å². The van der Waals surface area contributed by atoms with Crippen LogP contribution in [0.1, 0.15) is 0 Å². The molecule has 0 spiro atoms. The summed E-state index contributed by atoms with van der Waals surface area (Å²) in [6.07, 6.45) is 3.07. The predicted molar refractivity (Wildman–Crippen MR) is 109 cm³/mol. The van der Waals surface area contributed by atoms with Crippen molar-refractivity contribution in [3.63, 3.8) is 0 Å². The number of carbonyl (C=O) groups excluding carboxylic acids is 1. The fourth-order valence-corrected chi connectivity index (χ4v) is 3.87. The molecule has 0 saturated heterocycles. The highest BCUT2D eigenvalue weighted by Crippen LogP contribution is 2.34. The van der Waals surface area contributed by atoms with Crippen molar-refractivity contribution in [3.8, 4) is 11.5 Å². The van der Waals surface area contributed by atoms with Crippen molar-refractivity contribution in [2.75, 3.05) is 12.1 Å². The van der Waals surface area contributed by atoms with E-state index in [9.17, 15) is 9.59 Å². The Morgan fingerprint density at radius 1 is 1.13 bits per heavy atom. The Hall–Kier alpha value is -3.79. The molecule has 10 heteroatoms. The van der Waals surface area contributed by atoms with E-state index in [4.69, 9.17) is 9.47 Å². The molecule has 0 aliphatic carbocycles. The molecule has 0 bridgehead atoms. The van der Waals surface area contributed by atoms with E-state index >= 15 is 0 Å². The highest BCUT2D eigenvalue weighted by atomic mass is 32.2. The van der Waals surface area contributed by atoms with Crippen molar-refractivity contribution >= 4 is 29.0 Å². The van der Waals surface area contributed by atoms with Gasteiger partial charge in [0.2, 0.25) is 12.7 Å². The van der Waals surface area contributed by atoms with Crippen LogP contribution in [0.2, 0.25) is 0 Å². The van der Waals surface area contributed by atoms with Gasteiger partial charge < -0.3 is 14.8 Å². The zero-order valence-electron chi connectivity index (χ0n) is 15.5. The highest BCUT2D eigenvalue weighted by molar-refractivity contribution is 7.99. The first-order valence-electron chi connectivity index (χ1n) is 9.04. The van der Waals surface area contributed by atoms with Crippen LogP contribution < -0.4 is 20.5 Å². The van der Waals surface area contributed by atoms with E-state index in [1.807, 2.05) is 30.3 Å². The van der Waals surface area contributed by atoms with Gasteiger partial charge in [-0.05, 0) is 24.3 Å². The van der Waals surface area contributed by atoms with Crippen molar-refractivity contribution in [1.29, 1.82) is 0 Å². The number of ether oxygens (including phenoxy) is 2. The average Bonchev–Trinajstić information content (AvgIpc) is 3.34. The summed E-state index contributed by atoms with van der Waals surface area (Å²) in [5, 5.41) is 7.65. The molecular formula is C20H15N5O4S. The van der Waals surface area contributed by atoms with Crippen LogP contribution in [0.5, 0.6) is 11.5 Å². The third-order valence-electron chi connectivity index (χ3n) is 4.38. The lowest BCUT2D eigenvalue weighted by Crippen LogP contribution is -2.28. The Morgan fingerprint density at radius 3 is 2.83 bits per heavy atom. The van der Waals surface area contributed by atoms with E-state index in [1.54, 1.807) is 24.4 Å². The van der Waals surface area contributed by atoms with Crippen LogP contribution in [0.25, 0.3) is 5.65 Å². The van der Waals surface area contributed by atoms with Crippen molar-refractivity contribution in [1.82, 2.24) is 19.2 Å². The monoisotopic (exact) mass is 421 g/mol. The Bertz CT molecular complexity index is 1300. The van der Waals surface area contributed by atoms with Crippen molar-refractivity contribution < 1.29 is 14.3 Å². The second-order valence-electron chi connectivity index (χ2n) is 6.40. The number of nitrogens with zero attached hydrogens (tertiary/aromatic N) is 4. The van der Waals surface area contributed by atoms with Gasteiger partial charge in [0.1, 0.15) is 11.6 Å². The first kappa shape index (κ1) is 18.3. The van der Waals surface area contributed by atoms with E-state index < -0.39 is 5.69 Å². The number of fused-ring (bicyclic) bond motifs is 2. The Morgan fingerprint density at radius 2 is 1.97 bits per heavy atom. The number of hydrogen-bond acceptors (Lipinski definition) is 7. The lowest BCUT2D eigenvalue weighted by atomic mass is 10.3. The smallest absolute Gasteiger partial charge is 0.350 e. The van der Waals surface area contributed by atoms with Gasteiger partial charge in [-0.1, -0.05) is 30.0 Å². The van der Waals surface area contributed by atoms with E-state index in [0.717, 1.165) is 9.58 Å². The van der Waals surface area contributed by atoms with Crippen molar-refractivity contribution in [3.05, 3.63) is 71.4 Å². The zero-order chi connectivity index (χ0) is 20.5. The molecule has 4 aromatic rings. The average molecular weight is 421 g/mol. The van der Waals surface area contributed by atoms with Gasteiger partial charge in [-0.25, -0.2) is 18.9 Å². The topological polar surface area (TPSA) is 99.8 Å². The Balaban J connectivity index is 1.38. The summed E-state index contributed by atoms with van der Waals surface area (Å²) in [5.74, 6) is 0.802. The number of aromatic nitrogens is 4. The second-order valence-corrected chi connectivity index (χ2v) is 7.46. The first-order valence-corrected chi connectivity index (χ1v) is 9.85. The largest absolute Gasteiger partial charge is 0.454 e. The molecule has 0 atom stereocenters. The summed E-state index contributed by atoms with van der Waals surface area (Å²) < 4.78 is 13.1. The summed E-state index contributed by atoms with van der Waals surface area (Å²) in [6.45, 7) is -0.0782. The predicted octanol–water partition coefficient (Wildman–Crippen LogP) is 2.41. The van der Waals surface area contributed by atoms with Crippen LogP contribution in [0.4, 0.5) is 5.69 Å². The molecule has 2 aromatic heterocycles. The van der Waals surface area contributed by atoms with E-state index in [0.29, 0.717) is 27.9 Å². The minimum absolute atomic E-state index is 0.154. The minimum atomic E-state index is -0.414. The number of rotatable bonds is 5. The normalized spacial score (nSPS) is 12.3. The molecule has 1 N–H and O–H groups in total. The molecule has 150 valence electrons. The molecule has 5 rings (SSSR count). The van der Waals surface area contributed by atoms with Gasteiger partial charge in [0, 0.05) is 29.0 Å². The Kier molecular flexibility index (Phi) is 4.60. The summed E-state index contributed by atoms with van der Waals surface area (Å²) in [4.78, 5) is 30.5. The van der Waals surface area contributed by atoms with Gasteiger partial charge in [-0.15, -0.1) is 5.10 Å². The highest BCUT2D eigenvalue weighted by Gasteiger charge is 2.17. The van der Waals surface area contributed by atoms with Gasteiger partial charge in [0.05, 0.1) is 0 Å². The van der Waals surface area contributed by atoms with Crippen LogP contribution in [-0.2, 0) is 11.3 Å². The number of anilines is 1. The zero-order valence-corrected chi connectivity index (χ0v) is 16.3. The third kappa shape index (κ3) is 3.48. The van der Waals surface area contributed by atoms with Gasteiger partial charge in [0.25, 0.3) is 0 Å². The molecule has 9 nitrogen and oxygen atoms in total. The second kappa shape index (κ2) is 7.56. The van der Waals surface area contributed by atoms with Crippen LogP contribution in [0, 0.1) is 0 Å². The molecule has 1 amide bonds. The summed E-state index contributed by atoms with van der Waals surface area (Å²) >= 11 is 1.40. The van der Waals surface area contributed by atoms with Gasteiger partial charge in [-0.2, -0.15) is 0 Å². The maximum atomic E-state index is 12.7. The van der Waals surface area contributed by atoms with Crippen molar-refractivity contribution in [2.24, 2.45) is 0 Å². The van der Waals surface area contributed by atoms with Crippen LogP contribution in [-0.4, -0.2) is 31.9 Å². The summed E-state index contributed by atoms with van der Waals surface area (Å²) in [7, 11) is 0. The molecule has 1 aliphatic rings. The molecule has 0 unspecified atom stereocenters. The molecule has 0 fully saturated rings. The fraction of sp³-hybridized carbons (Fsp3) is 0.100. The molecule has 30 heavy (non-hydrogen) atoms. The maximum absolute atomic E-state index is 12.7. The summed E-state index contributed by atoms with van der Waals surface area (Å²) in [5.41, 5.74) is 0.526. The third-order valence-corrected chi connectivity index (χ3v) is 5.37. The fourth-order valence-electron chi connectivity index (χ4n) is 3.01. The van der Waals surface area contributed by atoms with E-state index in [1.165, 1.54) is 22.4 Å². The number of nitrogens with one attached hydrogen (secondary N) is 1. The summed E-state index contributed by atoms with van der Waals surface area (Å²) in [6, 6.07) is 14.8. The number of carbonyl (C=O) groups is 1. The van der Waals surface area contributed by atoms with Crippen LogP contribution in [0.3, 0.4) is 0 Å². The molecule has 3 heterocycles. The molecule has 2 aromatic carbocycles. The minimum Gasteiger partial charge on any atom is -0.454 e. The van der Waals surface area contributed by atoms with Crippen LogP contribution >= 0.6 is 11.8 Å². The molecule has 1 aliphatic heterocycles. The lowest BCUT2D eigenvalue weighted by molar-refractivity contribution is -0.117. The van der Waals surface area contributed by atoms with Gasteiger partial charge in [-0.3, -0.25) is 4.79 Å². The maximum Gasteiger partial charge on any atom is 0.350 e.